The molecule has 1 saturated heterocycles. The molecule has 0 radical (unpaired) electrons. The summed E-state index contributed by atoms with van der Waals surface area (Å²) in [5.74, 6) is 1.49. The van der Waals surface area contributed by atoms with E-state index in [9.17, 15) is 0 Å². The minimum Gasteiger partial charge on any atom is -0.411 e. The van der Waals surface area contributed by atoms with Crippen molar-refractivity contribution in [3.63, 3.8) is 0 Å². The van der Waals surface area contributed by atoms with Crippen molar-refractivity contribution in [1.29, 1.82) is 0 Å². The molecule has 0 aromatic heterocycles. The van der Waals surface area contributed by atoms with Crippen molar-refractivity contribution < 1.29 is 5.21 Å². The van der Waals surface area contributed by atoms with Crippen molar-refractivity contribution in [3.8, 4) is 0 Å². The summed E-state index contributed by atoms with van der Waals surface area (Å²) in [7, 11) is 0. The summed E-state index contributed by atoms with van der Waals surface area (Å²) in [5, 5.41) is 12.3. The Morgan fingerprint density at radius 1 is 1.07 bits per heavy atom. The van der Waals surface area contributed by atoms with Crippen LogP contribution >= 0.6 is 0 Å². The van der Waals surface area contributed by atoms with Gasteiger partial charge in [0.25, 0.3) is 0 Å². The standard InChI is InChI=1S/C25H41N3O/c1-5-6-13-27-14-16-28(17-15-27)24-18-20(19-26-29)7-12-23(24)21-8-10-22(11-9-21)25(2,3)4/h7,12,18-19,21-22,29H,5-6,8-11,13-17H2,1-4H3/b26-19-. The molecule has 4 nitrogen and oxygen atoms in total. The molecule has 3 rings (SSSR count). The number of hydrogen-bond acceptors (Lipinski definition) is 4. The van der Waals surface area contributed by atoms with Crippen LogP contribution in [0.4, 0.5) is 5.69 Å². The van der Waals surface area contributed by atoms with Gasteiger partial charge in [0.15, 0.2) is 0 Å². The van der Waals surface area contributed by atoms with Gasteiger partial charge in [-0.1, -0.05) is 51.4 Å². The zero-order chi connectivity index (χ0) is 20.9. The van der Waals surface area contributed by atoms with Gasteiger partial charge in [-0.05, 0) is 73.1 Å². The summed E-state index contributed by atoms with van der Waals surface area (Å²) < 4.78 is 0. The fourth-order valence-corrected chi connectivity index (χ4v) is 5.19. The summed E-state index contributed by atoms with van der Waals surface area (Å²) >= 11 is 0. The Morgan fingerprint density at radius 3 is 2.34 bits per heavy atom. The molecule has 1 heterocycles. The molecule has 1 aliphatic carbocycles. The van der Waals surface area contributed by atoms with Crippen molar-refractivity contribution in [1.82, 2.24) is 4.90 Å². The van der Waals surface area contributed by atoms with Crippen LogP contribution in [0, 0.1) is 11.3 Å². The number of rotatable bonds is 6. The van der Waals surface area contributed by atoms with Gasteiger partial charge in [0, 0.05) is 31.9 Å². The maximum atomic E-state index is 9.01. The first-order valence-corrected chi connectivity index (χ1v) is 11.7. The molecule has 2 aliphatic rings. The molecule has 1 saturated carbocycles. The highest BCUT2D eigenvalue weighted by Crippen LogP contribution is 2.45. The van der Waals surface area contributed by atoms with E-state index in [1.807, 2.05) is 0 Å². The van der Waals surface area contributed by atoms with E-state index in [1.54, 1.807) is 6.21 Å². The predicted molar refractivity (Wildman–Crippen MR) is 124 cm³/mol. The van der Waals surface area contributed by atoms with Crippen molar-refractivity contribution in [2.75, 3.05) is 37.6 Å². The van der Waals surface area contributed by atoms with Gasteiger partial charge in [0.2, 0.25) is 0 Å². The maximum absolute atomic E-state index is 9.01. The molecule has 162 valence electrons. The first-order valence-electron chi connectivity index (χ1n) is 11.7. The van der Waals surface area contributed by atoms with E-state index in [2.05, 4.69) is 60.8 Å². The summed E-state index contributed by atoms with van der Waals surface area (Å²) in [6.07, 6.45) is 9.37. The minimum absolute atomic E-state index is 0.421. The van der Waals surface area contributed by atoms with E-state index >= 15 is 0 Å². The molecule has 1 N–H and O–H groups in total. The molecule has 0 bridgehead atoms. The number of unbranched alkanes of at least 4 members (excludes halogenated alkanes) is 1. The fraction of sp³-hybridized carbons (Fsp3) is 0.720. The van der Waals surface area contributed by atoms with Crippen LogP contribution in [0.15, 0.2) is 23.4 Å². The zero-order valence-electron chi connectivity index (χ0n) is 19.0. The summed E-state index contributed by atoms with van der Waals surface area (Å²) in [4.78, 5) is 5.18. The number of piperazine rings is 1. The molecule has 29 heavy (non-hydrogen) atoms. The number of benzene rings is 1. The van der Waals surface area contributed by atoms with Gasteiger partial charge in [-0.2, -0.15) is 0 Å². The smallest absolute Gasteiger partial charge is 0.0734 e. The molecule has 1 aromatic carbocycles. The number of oxime groups is 1. The summed E-state index contributed by atoms with van der Waals surface area (Å²) in [6.45, 7) is 15.2. The number of nitrogens with zero attached hydrogens (tertiary/aromatic N) is 3. The molecular weight excluding hydrogens is 358 g/mol. The van der Waals surface area contributed by atoms with E-state index in [4.69, 9.17) is 5.21 Å². The topological polar surface area (TPSA) is 39.1 Å². The third kappa shape index (κ3) is 5.75. The van der Waals surface area contributed by atoms with E-state index in [1.165, 1.54) is 56.3 Å². The molecule has 0 spiro atoms. The van der Waals surface area contributed by atoms with Crippen LogP contribution in [-0.2, 0) is 0 Å². The summed E-state index contributed by atoms with van der Waals surface area (Å²) in [5.41, 5.74) is 4.29. The second-order valence-corrected chi connectivity index (χ2v) is 10.2. The van der Waals surface area contributed by atoms with Crippen molar-refractivity contribution >= 4 is 11.9 Å². The van der Waals surface area contributed by atoms with Gasteiger partial charge in [-0.25, -0.2) is 0 Å². The van der Waals surface area contributed by atoms with Crippen molar-refractivity contribution in [3.05, 3.63) is 29.3 Å². The maximum Gasteiger partial charge on any atom is 0.0734 e. The molecule has 0 unspecified atom stereocenters. The Bertz CT molecular complexity index is 663. The second kappa shape index (κ2) is 9.97. The van der Waals surface area contributed by atoms with Crippen molar-refractivity contribution in [2.24, 2.45) is 16.5 Å². The minimum atomic E-state index is 0.421. The second-order valence-electron chi connectivity index (χ2n) is 10.2. The van der Waals surface area contributed by atoms with Crippen LogP contribution in [0.5, 0.6) is 0 Å². The lowest BCUT2D eigenvalue weighted by molar-refractivity contribution is 0.169. The van der Waals surface area contributed by atoms with E-state index in [-0.39, 0.29) is 0 Å². The Hall–Kier alpha value is -1.55. The van der Waals surface area contributed by atoms with E-state index in [0.29, 0.717) is 11.3 Å². The van der Waals surface area contributed by atoms with Crippen LogP contribution < -0.4 is 4.90 Å². The van der Waals surface area contributed by atoms with Gasteiger partial charge in [-0.3, -0.25) is 4.90 Å². The Kier molecular flexibility index (Phi) is 7.61. The number of hydrogen-bond donors (Lipinski definition) is 1. The lowest BCUT2D eigenvalue weighted by atomic mass is 9.68. The molecule has 1 aliphatic heterocycles. The third-order valence-electron chi connectivity index (χ3n) is 7.19. The summed E-state index contributed by atoms with van der Waals surface area (Å²) in [6, 6.07) is 6.66. The first-order chi connectivity index (χ1) is 13.9. The molecule has 1 aromatic rings. The predicted octanol–water partition coefficient (Wildman–Crippen LogP) is 5.74. The van der Waals surface area contributed by atoms with Crippen LogP contribution in [0.25, 0.3) is 0 Å². The van der Waals surface area contributed by atoms with Gasteiger partial charge in [0.05, 0.1) is 6.21 Å². The van der Waals surface area contributed by atoms with E-state index < -0.39 is 0 Å². The van der Waals surface area contributed by atoms with Gasteiger partial charge in [-0.15, -0.1) is 0 Å². The average molecular weight is 400 g/mol. The zero-order valence-corrected chi connectivity index (χ0v) is 19.0. The molecule has 4 heteroatoms. The van der Waals surface area contributed by atoms with E-state index in [0.717, 1.165) is 37.7 Å². The highest BCUT2D eigenvalue weighted by atomic mass is 16.4. The Balaban J connectivity index is 1.75. The van der Waals surface area contributed by atoms with Crippen LogP contribution in [0.3, 0.4) is 0 Å². The largest absolute Gasteiger partial charge is 0.411 e. The Morgan fingerprint density at radius 2 is 1.76 bits per heavy atom. The number of anilines is 1. The molecular formula is C25H41N3O. The SMILES string of the molecule is CCCCN1CCN(c2cc(/C=N\O)ccc2C2CCC(C(C)(C)C)CC2)CC1. The molecule has 0 atom stereocenters. The quantitative estimate of drug-likeness (QED) is 0.377. The Labute approximate surface area is 178 Å². The third-order valence-corrected chi connectivity index (χ3v) is 7.19. The fourth-order valence-electron chi connectivity index (χ4n) is 5.19. The average Bonchev–Trinajstić information content (AvgIpc) is 2.72. The monoisotopic (exact) mass is 399 g/mol. The van der Waals surface area contributed by atoms with Gasteiger partial charge in [0.1, 0.15) is 0 Å². The van der Waals surface area contributed by atoms with Gasteiger partial charge >= 0.3 is 0 Å². The first kappa shape index (κ1) is 22.1. The van der Waals surface area contributed by atoms with Crippen molar-refractivity contribution in [2.45, 2.75) is 72.1 Å². The lowest BCUT2D eigenvalue weighted by Gasteiger charge is -2.40. The van der Waals surface area contributed by atoms with Gasteiger partial charge < -0.3 is 10.1 Å². The lowest BCUT2D eigenvalue weighted by Crippen LogP contribution is -2.47. The normalized spacial score (nSPS) is 24.3. The molecule has 2 fully saturated rings. The molecule has 0 amide bonds. The highest BCUT2D eigenvalue weighted by molar-refractivity contribution is 5.81. The van der Waals surface area contributed by atoms with Crippen LogP contribution in [-0.4, -0.2) is 49.0 Å². The highest BCUT2D eigenvalue weighted by Gasteiger charge is 2.32. The van der Waals surface area contributed by atoms with Crippen LogP contribution in [0.2, 0.25) is 0 Å². The van der Waals surface area contributed by atoms with Crippen LogP contribution in [0.1, 0.15) is 83.3 Å².